The number of amides is 1. The minimum Gasteiger partial charge on any atom is -0.356 e. The molecule has 1 fully saturated rings. The Hall–Kier alpha value is -2.02. The molecule has 2 aliphatic rings. The first-order chi connectivity index (χ1) is 12.2. The fraction of sp³-hybridized carbons (Fsp3) is 0.526. The SMILES string of the molecule is C[C@H]1CC[C@H](C2=C(Cc3cccc(C(F)(F)F)c3)C(=O)NC(N)N2)CC1. The van der Waals surface area contributed by atoms with Crippen molar-refractivity contribution < 1.29 is 18.0 Å². The lowest BCUT2D eigenvalue weighted by atomic mass is 9.79. The van der Waals surface area contributed by atoms with E-state index in [0.717, 1.165) is 43.5 Å². The van der Waals surface area contributed by atoms with E-state index in [4.69, 9.17) is 5.73 Å². The Morgan fingerprint density at radius 1 is 1.15 bits per heavy atom. The fourth-order valence-electron chi connectivity index (χ4n) is 3.79. The third kappa shape index (κ3) is 4.20. The van der Waals surface area contributed by atoms with Crippen molar-refractivity contribution in [3.05, 3.63) is 46.7 Å². The largest absolute Gasteiger partial charge is 0.416 e. The molecule has 1 aromatic rings. The zero-order chi connectivity index (χ0) is 18.9. The van der Waals surface area contributed by atoms with E-state index in [1.165, 1.54) is 6.07 Å². The molecule has 3 rings (SSSR count). The summed E-state index contributed by atoms with van der Waals surface area (Å²) in [5.41, 5.74) is 6.91. The highest BCUT2D eigenvalue weighted by molar-refractivity contribution is 5.95. The average Bonchev–Trinajstić information content (AvgIpc) is 2.57. The molecule has 1 aromatic carbocycles. The van der Waals surface area contributed by atoms with Gasteiger partial charge in [-0.25, -0.2) is 0 Å². The summed E-state index contributed by atoms with van der Waals surface area (Å²) in [6, 6.07) is 5.14. The fourth-order valence-corrected chi connectivity index (χ4v) is 3.79. The summed E-state index contributed by atoms with van der Waals surface area (Å²) < 4.78 is 38.9. The van der Waals surface area contributed by atoms with E-state index in [2.05, 4.69) is 17.6 Å². The van der Waals surface area contributed by atoms with Crippen molar-refractivity contribution in [3.8, 4) is 0 Å². The highest BCUT2D eigenvalue weighted by atomic mass is 19.4. The van der Waals surface area contributed by atoms with Crippen molar-refractivity contribution in [3.63, 3.8) is 0 Å². The quantitative estimate of drug-likeness (QED) is 0.768. The standard InChI is InChI=1S/C19H24F3N3O/c1-11-5-7-13(8-6-11)16-15(17(26)25-18(23)24-16)10-12-3-2-4-14(9-12)19(20,21)22/h2-4,9,11,13,18,24H,5-8,10,23H2,1H3,(H,25,26)/t11-,13-,18?. The summed E-state index contributed by atoms with van der Waals surface area (Å²) in [6.45, 7) is 2.21. The van der Waals surface area contributed by atoms with Gasteiger partial charge in [0.05, 0.1) is 5.56 Å². The van der Waals surface area contributed by atoms with E-state index in [1.54, 1.807) is 6.07 Å². The van der Waals surface area contributed by atoms with E-state index in [0.29, 0.717) is 17.1 Å². The van der Waals surface area contributed by atoms with Gasteiger partial charge in [0.1, 0.15) is 0 Å². The summed E-state index contributed by atoms with van der Waals surface area (Å²) in [5.74, 6) is 0.552. The number of allylic oxidation sites excluding steroid dienone is 1. The Kier molecular flexibility index (Phi) is 5.27. The van der Waals surface area contributed by atoms with Crippen molar-refractivity contribution in [1.29, 1.82) is 0 Å². The van der Waals surface area contributed by atoms with Gasteiger partial charge >= 0.3 is 6.18 Å². The minimum absolute atomic E-state index is 0.150. The molecule has 1 aliphatic carbocycles. The lowest BCUT2D eigenvalue weighted by Gasteiger charge is -2.35. The summed E-state index contributed by atoms with van der Waals surface area (Å²) >= 11 is 0. The zero-order valence-corrected chi connectivity index (χ0v) is 14.7. The number of rotatable bonds is 3. The summed E-state index contributed by atoms with van der Waals surface area (Å²) in [7, 11) is 0. The van der Waals surface area contributed by atoms with Crippen LogP contribution < -0.4 is 16.4 Å². The Labute approximate surface area is 151 Å². The van der Waals surface area contributed by atoms with Gasteiger partial charge in [-0.2, -0.15) is 13.2 Å². The van der Waals surface area contributed by atoms with Crippen LogP contribution in [0.3, 0.4) is 0 Å². The van der Waals surface area contributed by atoms with Crippen LogP contribution in [0.5, 0.6) is 0 Å². The summed E-state index contributed by atoms with van der Waals surface area (Å²) in [5, 5.41) is 5.77. The number of benzene rings is 1. The Balaban J connectivity index is 1.90. The van der Waals surface area contributed by atoms with Gasteiger partial charge in [0.2, 0.25) is 0 Å². The highest BCUT2D eigenvalue weighted by Crippen LogP contribution is 2.35. The van der Waals surface area contributed by atoms with Crippen LogP contribution in [0.25, 0.3) is 0 Å². The van der Waals surface area contributed by atoms with Crippen LogP contribution in [0.2, 0.25) is 0 Å². The predicted molar refractivity (Wildman–Crippen MR) is 92.5 cm³/mol. The van der Waals surface area contributed by atoms with Gasteiger partial charge in [-0.15, -0.1) is 0 Å². The zero-order valence-electron chi connectivity index (χ0n) is 14.7. The first kappa shape index (κ1) is 18.8. The van der Waals surface area contributed by atoms with Gasteiger partial charge in [0.15, 0.2) is 6.29 Å². The van der Waals surface area contributed by atoms with Crippen molar-refractivity contribution in [2.24, 2.45) is 17.6 Å². The highest BCUT2D eigenvalue weighted by Gasteiger charge is 2.33. The van der Waals surface area contributed by atoms with Crippen LogP contribution in [0.1, 0.15) is 43.7 Å². The minimum atomic E-state index is -4.40. The molecule has 0 bridgehead atoms. The molecule has 7 heteroatoms. The van der Waals surface area contributed by atoms with Gasteiger partial charge in [-0.3, -0.25) is 10.5 Å². The number of nitrogens with two attached hydrogens (primary N) is 1. The second-order valence-electron chi connectivity index (χ2n) is 7.32. The summed E-state index contributed by atoms with van der Waals surface area (Å²) in [6.07, 6.45) is -0.862. The second kappa shape index (κ2) is 7.31. The Morgan fingerprint density at radius 3 is 2.50 bits per heavy atom. The van der Waals surface area contributed by atoms with Crippen LogP contribution in [0.15, 0.2) is 35.5 Å². The lowest BCUT2D eigenvalue weighted by Crippen LogP contribution is -2.57. The topological polar surface area (TPSA) is 67.2 Å². The average molecular weight is 367 g/mol. The van der Waals surface area contributed by atoms with E-state index >= 15 is 0 Å². The van der Waals surface area contributed by atoms with E-state index in [1.807, 2.05) is 0 Å². The van der Waals surface area contributed by atoms with Crippen molar-refractivity contribution in [2.75, 3.05) is 0 Å². The van der Waals surface area contributed by atoms with Gasteiger partial charge in [0.25, 0.3) is 5.91 Å². The normalized spacial score (nSPS) is 27.1. The molecule has 1 atom stereocenters. The molecule has 0 saturated heterocycles. The molecular weight excluding hydrogens is 343 g/mol. The molecule has 1 saturated carbocycles. The van der Waals surface area contributed by atoms with Gasteiger partial charge in [-0.1, -0.05) is 38.0 Å². The van der Waals surface area contributed by atoms with Gasteiger partial charge < -0.3 is 10.6 Å². The molecule has 1 heterocycles. The molecule has 0 aromatic heterocycles. The Morgan fingerprint density at radius 2 is 1.85 bits per heavy atom. The number of hydrogen-bond donors (Lipinski definition) is 3. The maximum absolute atomic E-state index is 13.0. The van der Waals surface area contributed by atoms with Crippen LogP contribution in [-0.2, 0) is 17.4 Å². The maximum Gasteiger partial charge on any atom is 0.416 e. The van der Waals surface area contributed by atoms with E-state index in [9.17, 15) is 18.0 Å². The third-order valence-corrected chi connectivity index (χ3v) is 5.26. The van der Waals surface area contributed by atoms with Crippen LogP contribution in [0.4, 0.5) is 13.2 Å². The molecule has 142 valence electrons. The number of carbonyl (C=O) groups is 1. The number of alkyl halides is 3. The van der Waals surface area contributed by atoms with Crippen molar-refractivity contribution >= 4 is 5.91 Å². The second-order valence-corrected chi connectivity index (χ2v) is 7.32. The molecule has 1 unspecified atom stereocenters. The molecular formula is C19H24F3N3O. The number of carbonyl (C=O) groups excluding carboxylic acids is 1. The maximum atomic E-state index is 13.0. The number of nitrogens with one attached hydrogen (secondary N) is 2. The van der Waals surface area contributed by atoms with Gasteiger partial charge in [-0.05, 0) is 36.3 Å². The molecule has 1 aliphatic heterocycles. The predicted octanol–water partition coefficient (Wildman–Crippen LogP) is 3.29. The first-order valence-electron chi connectivity index (χ1n) is 8.96. The molecule has 4 N–H and O–H groups in total. The van der Waals surface area contributed by atoms with Crippen LogP contribution in [0, 0.1) is 11.8 Å². The first-order valence-corrected chi connectivity index (χ1v) is 8.96. The van der Waals surface area contributed by atoms with E-state index in [-0.39, 0.29) is 18.2 Å². The number of hydrogen-bond acceptors (Lipinski definition) is 3. The Bertz CT molecular complexity index is 706. The molecule has 4 nitrogen and oxygen atoms in total. The lowest BCUT2D eigenvalue weighted by molar-refractivity contribution is -0.137. The van der Waals surface area contributed by atoms with Crippen molar-refractivity contribution in [2.45, 2.75) is 51.5 Å². The molecule has 1 amide bonds. The smallest absolute Gasteiger partial charge is 0.356 e. The molecule has 0 radical (unpaired) electrons. The summed E-state index contributed by atoms with van der Waals surface area (Å²) in [4.78, 5) is 12.5. The molecule has 0 spiro atoms. The third-order valence-electron chi connectivity index (χ3n) is 5.26. The van der Waals surface area contributed by atoms with Gasteiger partial charge in [0, 0.05) is 17.7 Å². The van der Waals surface area contributed by atoms with E-state index < -0.39 is 18.0 Å². The van der Waals surface area contributed by atoms with Crippen molar-refractivity contribution in [1.82, 2.24) is 10.6 Å². The van der Waals surface area contributed by atoms with Crippen LogP contribution in [-0.4, -0.2) is 12.2 Å². The number of halogens is 3. The molecule has 26 heavy (non-hydrogen) atoms. The van der Waals surface area contributed by atoms with Crippen LogP contribution >= 0.6 is 0 Å². The monoisotopic (exact) mass is 367 g/mol.